The molecule has 4 aromatic rings. The molecular formula is C35H31N4Na3O8S2. The Kier molecular flexibility index (Phi) is 17.7. The Balaban J connectivity index is 0.00000312. The van der Waals surface area contributed by atoms with E-state index in [1.54, 1.807) is 24.3 Å². The fourth-order valence-electron chi connectivity index (χ4n) is 5.18. The van der Waals surface area contributed by atoms with Crippen molar-refractivity contribution in [1.29, 1.82) is 0 Å². The summed E-state index contributed by atoms with van der Waals surface area (Å²) in [5.41, 5.74) is 3.79. The molecule has 3 aromatic carbocycles. The second kappa shape index (κ2) is 20.0. The minimum Gasteiger partial charge on any atom is -0.858 e. The number of amides is 1. The molecule has 0 aliphatic carbocycles. The minimum atomic E-state index is -4.66. The van der Waals surface area contributed by atoms with E-state index in [1.807, 2.05) is 44.2 Å². The van der Waals surface area contributed by atoms with Crippen LogP contribution in [0.4, 0.5) is 5.69 Å². The zero-order chi connectivity index (χ0) is 35.3. The van der Waals surface area contributed by atoms with Crippen LogP contribution in [0.3, 0.4) is 0 Å². The molecule has 0 atom stereocenters. The third-order valence-corrected chi connectivity index (χ3v) is 9.29. The van der Waals surface area contributed by atoms with E-state index in [-0.39, 0.29) is 88.7 Å². The number of hydrazone groups is 1. The summed E-state index contributed by atoms with van der Waals surface area (Å²) in [5.74, 6) is -0.865. The molecule has 0 spiro atoms. The number of rotatable bonds is 12. The number of nitrogens with zero attached hydrogens (tertiary/aromatic N) is 4. The van der Waals surface area contributed by atoms with Crippen molar-refractivity contribution in [2.45, 2.75) is 49.3 Å². The Labute approximate surface area is 369 Å². The number of carbonyl (C=O) groups excluding carboxylic acids is 1. The molecule has 2 heterocycles. The van der Waals surface area contributed by atoms with Crippen molar-refractivity contribution < 1.29 is 125 Å². The van der Waals surface area contributed by atoms with Gasteiger partial charge in [0.15, 0.2) is 0 Å². The van der Waals surface area contributed by atoms with Gasteiger partial charge in [0.05, 0.1) is 38.1 Å². The molecule has 1 aliphatic heterocycles. The topological polar surface area (TPSA) is 188 Å². The van der Waals surface area contributed by atoms with E-state index >= 15 is 0 Å². The number of aryl methyl sites for hydroxylation is 1. The van der Waals surface area contributed by atoms with Crippen molar-refractivity contribution in [3.8, 4) is 11.6 Å². The van der Waals surface area contributed by atoms with Crippen molar-refractivity contribution in [2.75, 3.05) is 5.01 Å². The smallest absolute Gasteiger partial charge is 0.858 e. The molecule has 5 rings (SSSR count). The SMILES string of the molecule is CCCC1=NN(c2ccc(S(=O)(=O)[O-])cc2)C(=O)\C1=C/C=C(/C=C/c1c(CCC)nn(-c2ccc(S(=O)(=O)[O-])cc2)c1[O-])c1ccccc1.[Na+].[Na+].[Na+]. The first-order chi connectivity index (χ1) is 23.3. The molecule has 17 heteroatoms. The third kappa shape index (κ3) is 11.0. The van der Waals surface area contributed by atoms with Crippen LogP contribution in [0.25, 0.3) is 17.3 Å². The number of allylic oxidation sites excluding steroid dienone is 4. The summed E-state index contributed by atoms with van der Waals surface area (Å²) in [6, 6.07) is 19.2. The molecule has 254 valence electrons. The zero-order valence-corrected chi connectivity index (χ0v) is 37.1. The number of hydrogen-bond donors (Lipinski definition) is 0. The first kappa shape index (κ1) is 46.0. The van der Waals surface area contributed by atoms with Crippen molar-refractivity contribution in [1.82, 2.24) is 9.78 Å². The van der Waals surface area contributed by atoms with Gasteiger partial charge in [0.25, 0.3) is 5.91 Å². The van der Waals surface area contributed by atoms with Gasteiger partial charge in [0, 0.05) is 5.56 Å². The number of benzene rings is 3. The second-order valence-corrected chi connectivity index (χ2v) is 13.8. The van der Waals surface area contributed by atoms with E-state index in [0.717, 1.165) is 39.5 Å². The van der Waals surface area contributed by atoms with E-state index in [4.69, 9.17) is 0 Å². The van der Waals surface area contributed by atoms with Gasteiger partial charge in [-0.3, -0.25) is 4.79 Å². The average Bonchev–Trinajstić information content (AvgIpc) is 3.55. The second-order valence-electron chi connectivity index (χ2n) is 11.0. The van der Waals surface area contributed by atoms with Crippen LogP contribution < -0.4 is 98.8 Å². The van der Waals surface area contributed by atoms with Gasteiger partial charge < -0.3 is 14.2 Å². The van der Waals surface area contributed by atoms with Crippen molar-refractivity contribution in [3.05, 3.63) is 119 Å². The van der Waals surface area contributed by atoms with Gasteiger partial charge in [-0.05, 0) is 84.5 Å². The fraction of sp³-hybridized carbons (Fsp3) is 0.171. The van der Waals surface area contributed by atoms with Gasteiger partial charge in [-0.25, -0.2) is 21.5 Å². The summed E-state index contributed by atoms with van der Waals surface area (Å²) in [4.78, 5) is 12.8. The summed E-state index contributed by atoms with van der Waals surface area (Å²) < 4.78 is 69.4. The quantitative estimate of drug-likeness (QED) is 0.0599. The molecular weight excluding hydrogens is 738 g/mol. The maximum Gasteiger partial charge on any atom is 1.00 e. The number of anilines is 1. The van der Waals surface area contributed by atoms with E-state index in [2.05, 4.69) is 10.2 Å². The van der Waals surface area contributed by atoms with Gasteiger partial charge in [-0.15, -0.1) is 0 Å². The maximum atomic E-state index is 13.6. The van der Waals surface area contributed by atoms with Crippen LogP contribution >= 0.6 is 0 Å². The number of carbonyl (C=O) groups is 1. The summed E-state index contributed by atoms with van der Waals surface area (Å²) in [6.45, 7) is 3.90. The molecule has 52 heavy (non-hydrogen) atoms. The molecule has 0 fully saturated rings. The monoisotopic (exact) mass is 768 g/mol. The molecule has 1 amide bonds. The summed E-state index contributed by atoms with van der Waals surface area (Å²) >= 11 is 0. The Hall–Kier alpha value is -2.15. The Morgan fingerprint density at radius 3 is 1.83 bits per heavy atom. The van der Waals surface area contributed by atoms with Gasteiger partial charge >= 0.3 is 88.7 Å². The Bertz CT molecular complexity index is 2220. The first-order valence-electron chi connectivity index (χ1n) is 15.3. The van der Waals surface area contributed by atoms with E-state index in [1.165, 1.54) is 24.3 Å². The molecule has 0 unspecified atom stereocenters. The van der Waals surface area contributed by atoms with Crippen LogP contribution in [-0.4, -0.2) is 47.3 Å². The molecule has 0 bridgehead atoms. The van der Waals surface area contributed by atoms with Crippen LogP contribution in [0.2, 0.25) is 0 Å². The number of aromatic nitrogens is 2. The first-order valence-corrected chi connectivity index (χ1v) is 18.1. The fourth-order valence-corrected chi connectivity index (χ4v) is 6.11. The summed E-state index contributed by atoms with van der Waals surface area (Å²) in [5, 5.41) is 23.7. The standard InChI is InChI=1S/C35H34N4O8S2.3Na/c1-3-8-32-30(34(40)38(36-32)26-14-18-28(19-15-26)48(42,43)44)22-12-25(24-10-6-5-7-11-24)13-23-31-33(9-4-2)37-39(35(31)41)27-16-20-29(21-17-27)49(45,46)47;;;/h5-7,10-23,40H,3-4,8-9H2,1-2H3,(H,42,43,44)(H,45,46,47);;;/q;3*+1/p-3/b22-12+,25-13-,31-23-;;;. The normalized spacial score (nSPS) is 14.2. The molecule has 12 nitrogen and oxygen atoms in total. The maximum absolute atomic E-state index is 13.6. The molecule has 1 aliphatic rings. The van der Waals surface area contributed by atoms with Gasteiger partial charge in [0.1, 0.15) is 20.2 Å². The van der Waals surface area contributed by atoms with E-state index < -0.39 is 41.8 Å². The average molecular weight is 769 g/mol. The molecule has 0 radical (unpaired) electrons. The predicted octanol–water partition coefficient (Wildman–Crippen LogP) is -4.06. The summed E-state index contributed by atoms with van der Waals surface area (Å²) in [6.07, 6.45) is 9.19. The molecule has 0 N–H and O–H groups in total. The third-order valence-electron chi connectivity index (χ3n) is 7.59. The zero-order valence-electron chi connectivity index (χ0n) is 29.5. The van der Waals surface area contributed by atoms with Gasteiger partial charge in [-0.2, -0.15) is 15.2 Å². The van der Waals surface area contributed by atoms with Crippen LogP contribution in [-0.2, 0) is 31.5 Å². The van der Waals surface area contributed by atoms with E-state index in [0.29, 0.717) is 65.2 Å². The van der Waals surface area contributed by atoms with Gasteiger partial charge in [0.2, 0.25) is 0 Å². The van der Waals surface area contributed by atoms with Crippen LogP contribution in [0.5, 0.6) is 5.88 Å². The molecule has 0 saturated carbocycles. The van der Waals surface area contributed by atoms with Crippen molar-refractivity contribution in [3.63, 3.8) is 0 Å². The Morgan fingerprint density at radius 1 is 0.769 bits per heavy atom. The summed E-state index contributed by atoms with van der Waals surface area (Å²) in [7, 11) is -9.31. The predicted molar refractivity (Wildman–Crippen MR) is 181 cm³/mol. The largest absolute Gasteiger partial charge is 1.00 e. The van der Waals surface area contributed by atoms with Crippen molar-refractivity contribution in [2.24, 2.45) is 5.10 Å². The number of hydrogen-bond acceptors (Lipinski definition) is 10. The minimum absolute atomic E-state index is 0. The van der Waals surface area contributed by atoms with Crippen LogP contribution in [0.1, 0.15) is 49.9 Å². The van der Waals surface area contributed by atoms with E-state index in [9.17, 15) is 35.8 Å². The molecule has 0 saturated heterocycles. The van der Waals surface area contributed by atoms with Gasteiger partial charge in [-0.1, -0.05) is 75.2 Å². The van der Waals surface area contributed by atoms with Crippen molar-refractivity contribution >= 4 is 49.2 Å². The Morgan fingerprint density at radius 2 is 1.31 bits per heavy atom. The van der Waals surface area contributed by atoms with Crippen LogP contribution in [0, 0.1) is 0 Å². The van der Waals surface area contributed by atoms with Crippen LogP contribution in [0.15, 0.2) is 118 Å². The molecule has 1 aromatic heterocycles.